The van der Waals surface area contributed by atoms with Gasteiger partial charge in [-0.15, -0.1) is 0 Å². The Labute approximate surface area is 252 Å². The van der Waals surface area contributed by atoms with Crippen molar-refractivity contribution in [2.45, 2.75) is 25.9 Å². The number of rotatable bonds is 7. The summed E-state index contributed by atoms with van der Waals surface area (Å²) in [6, 6.07) is 10.5. The van der Waals surface area contributed by atoms with Crippen LogP contribution in [0, 0.1) is 0 Å². The summed E-state index contributed by atoms with van der Waals surface area (Å²) >= 11 is 0. The molecule has 0 atom stereocenters. The van der Waals surface area contributed by atoms with Gasteiger partial charge in [0.2, 0.25) is 17.8 Å². The molecule has 4 heterocycles. The molecule has 10 nitrogen and oxygen atoms in total. The fourth-order valence-corrected chi connectivity index (χ4v) is 4.88. The van der Waals surface area contributed by atoms with E-state index in [0.717, 1.165) is 53.8 Å². The number of anilines is 3. The van der Waals surface area contributed by atoms with Crippen LogP contribution >= 0.6 is 0 Å². The number of hydrogen-bond donors (Lipinski definition) is 2. The third-order valence-electron chi connectivity index (χ3n) is 7.42. The first-order valence-corrected chi connectivity index (χ1v) is 14.1. The number of hydrogen-bond acceptors (Lipinski definition) is 8. The zero-order chi connectivity index (χ0) is 31.3. The summed E-state index contributed by atoms with van der Waals surface area (Å²) in [6.45, 7) is 4.54. The summed E-state index contributed by atoms with van der Waals surface area (Å²) < 4.78 is 43.5. The van der Waals surface area contributed by atoms with Gasteiger partial charge in [0, 0.05) is 61.5 Å². The van der Waals surface area contributed by atoms with E-state index in [1.807, 2.05) is 6.07 Å². The van der Waals surface area contributed by atoms with E-state index in [9.17, 15) is 22.8 Å². The van der Waals surface area contributed by atoms with Gasteiger partial charge >= 0.3 is 6.18 Å². The van der Waals surface area contributed by atoms with Crippen molar-refractivity contribution in [1.82, 2.24) is 19.9 Å². The lowest BCUT2D eigenvalue weighted by Gasteiger charge is -2.30. The molecule has 0 saturated carbocycles. The van der Waals surface area contributed by atoms with Gasteiger partial charge in [-0.3, -0.25) is 9.59 Å². The molecule has 1 saturated heterocycles. The van der Waals surface area contributed by atoms with Crippen LogP contribution < -0.4 is 16.0 Å². The second kappa shape index (κ2) is 13.2. The Kier molecular flexibility index (Phi) is 9.23. The number of carbonyl (C=O) groups is 2. The summed E-state index contributed by atoms with van der Waals surface area (Å²) in [5.41, 5.74) is 9.35. The van der Waals surface area contributed by atoms with E-state index in [1.165, 1.54) is 0 Å². The quantitative estimate of drug-likeness (QED) is 0.382. The van der Waals surface area contributed by atoms with Gasteiger partial charge in [0.05, 0.1) is 25.3 Å². The SMILES string of the molecule is CC(=CC(=O)Nc1ccc(CC(=O)N2CC=C(c3cc(-c4cnc(N)nc4)nc(N4CCOCC4)c3)CC2)cc1)C(F)(F)F. The van der Waals surface area contributed by atoms with Crippen LogP contribution in [0.2, 0.25) is 0 Å². The highest BCUT2D eigenvalue weighted by molar-refractivity contribution is 5.99. The van der Waals surface area contributed by atoms with Crippen LogP contribution in [-0.2, 0) is 20.7 Å². The summed E-state index contributed by atoms with van der Waals surface area (Å²) in [6.07, 6.45) is 2.12. The van der Waals surface area contributed by atoms with Crippen molar-refractivity contribution < 1.29 is 27.5 Å². The van der Waals surface area contributed by atoms with Gasteiger partial charge in [-0.2, -0.15) is 13.2 Å². The fraction of sp³-hybridized carbons (Fsp3) is 0.323. The molecule has 0 radical (unpaired) electrons. The highest BCUT2D eigenvalue weighted by Gasteiger charge is 2.30. The van der Waals surface area contributed by atoms with Gasteiger partial charge in [0.25, 0.3) is 0 Å². The Morgan fingerprint density at radius 1 is 1.05 bits per heavy atom. The molecule has 0 aliphatic carbocycles. The minimum Gasteiger partial charge on any atom is -0.378 e. The maximum Gasteiger partial charge on any atom is 0.412 e. The smallest absolute Gasteiger partial charge is 0.378 e. The minimum atomic E-state index is -4.56. The van der Waals surface area contributed by atoms with E-state index in [-0.39, 0.29) is 18.3 Å². The summed E-state index contributed by atoms with van der Waals surface area (Å²) in [7, 11) is 0. The minimum absolute atomic E-state index is 0.0516. The number of allylic oxidation sites excluding steroid dienone is 1. The number of nitrogens with zero attached hydrogens (tertiary/aromatic N) is 5. The van der Waals surface area contributed by atoms with Gasteiger partial charge < -0.3 is 25.6 Å². The largest absolute Gasteiger partial charge is 0.412 e. The molecule has 2 aliphatic heterocycles. The third kappa shape index (κ3) is 7.78. The zero-order valence-corrected chi connectivity index (χ0v) is 24.1. The average molecular weight is 608 g/mol. The van der Waals surface area contributed by atoms with E-state index in [1.54, 1.807) is 41.6 Å². The van der Waals surface area contributed by atoms with Crippen molar-refractivity contribution in [2.75, 3.05) is 55.3 Å². The van der Waals surface area contributed by atoms with Crippen molar-refractivity contribution >= 4 is 34.8 Å². The van der Waals surface area contributed by atoms with E-state index in [2.05, 4.69) is 32.3 Å². The van der Waals surface area contributed by atoms with Crippen LogP contribution in [0.15, 0.2) is 66.5 Å². The number of ether oxygens (including phenoxy) is 1. The number of benzene rings is 1. The maximum absolute atomic E-state index is 13.1. The molecule has 3 aromatic rings. The molecule has 3 N–H and O–H groups in total. The molecule has 0 spiro atoms. The van der Waals surface area contributed by atoms with Gasteiger partial charge in [-0.25, -0.2) is 15.0 Å². The summed E-state index contributed by atoms with van der Waals surface area (Å²) in [5.74, 6) is 0.0975. The van der Waals surface area contributed by atoms with E-state index < -0.39 is 17.7 Å². The number of pyridine rings is 1. The summed E-state index contributed by atoms with van der Waals surface area (Å²) in [5, 5.41) is 2.41. The van der Waals surface area contributed by atoms with Crippen molar-refractivity contribution in [3.63, 3.8) is 0 Å². The first kappa shape index (κ1) is 30.7. The maximum atomic E-state index is 13.1. The van der Waals surface area contributed by atoms with E-state index in [4.69, 9.17) is 15.5 Å². The predicted molar refractivity (Wildman–Crippen MR) is 160 cm³/mol. The van der Waals surface area contributed by atoms with Crippen LogP contribution in [0.3, 0.4) is 0 Å². The van der Waals surface area contributed by atoms with Gasteiger partial charge in [0.1, 0.15) is 5.82 Å². The van der Waals surface area contributed by atoms with Gasteiger partial charge in [-0.1, -0.05) is 18.2 Å². The second-order valence-corrected chi connectivity index (χ2v) is 10.5. The number of nitrogen functional groups attached to an aromatic ring is 1. The first-order chi connectivity index (χ1) is 21.0. The predicted octanol–water partition coefficient (Wildman–Crippen LogP) is 4.26. The Morgan fingerprint density at radius 2 is 1.75 bits per heavy atom. The molecule has 230 valence electrons. The molecule has 2 aliphatic rings. The summed E-state index contributed by atoms with van der Waals surface area (Å²) in [4.78, 5) is 42.0. The Hall–Kier alpha value is -4.78. The number of alkyl halides is 3. The second-order valence-electron chi connectivity index (χ2n) is 10.5. The van der Waals surface area contributed by atoms with Crippen LogP contribution in [0.5, 0.6) is 0 Å². The van der Waals surface area contributed by atoms with Crippen molar-refractivity contribution in [3.8, 4) is 11.3 Å². The van der Waals surface area contributed by atoms with Crippen molar-refractivity contribution in [2.24, 2.45) is 0 Å². The average Bonchev–Trinajstić information content (AvgIpc) is 3.02. The normalized spacial score (nSPS) is 16.0. The first-order valence-electron chi connectivity index (χ1n) is 14.1. The molecule has 2 aromatic heterocycles. The lowest BCUT2D eigenvalue weighted by atomic mass is 9.98. The molecular weight excluding hydrogens is 575 g/mol. The molecule has 0 bridgehead atoms. The molecule has 2 amide bonds. The van der Waals surface area contributed by atoms with Gasteiger partial charge in [0.15, 0.2) is 0 Å². The highest BCUT2D eigenvalue weighted by Crippen LogP contribution is 2.30. The lowest BCUT2D eigenvalue weighted by molar-refractivity contribution is -0.130. The van der Waals surface area contributed by atoms with E-state index >= 15 is 0 Å². The molecular formula is C31H32F3N7O3. The standard InChI is InChI=1S/C31H32F3N7O3/c1-20(31(32,33)34)14-28(42)38-25-4-2-21(3-5-25)15-29(43)41-8-6-22(7-9-41)23-16-26(24-18-36-30(35)37-19-24)39-27(17-23)40-10-12-44-13-11-40/h2-6,14,16-19H,7-13,15H2,1H3,(H,38,42)(H2,35,36,37). The molecule has 1 aromatic carbocycles. The van der Waals surface area contributed by atoms with Crippen molar-refractivity contribution in [3.05, 3.63) is 77.6 Å². The monoisotopic (exact) mass is 607 g/mol. The fourth-order valence-electron chi connectivity index (χ4n) is 4.88. The van der Waals surface area contributed by atoms with Crippen LogP contribution in [0.4, 0.5) is 30.6 Å². The number of amides is 2. The molecule has 44 heavy (non-hydrogen) atoms. The molecule has 5 rings (SSSR count). The number of aromatic nitrogens is 3. The molecule has 0 unspecified atom stereocenters. The number of nitrogens with one attached hydrogen (secondary N) is 1. The number of carbonyl (C=O) groups excluding carboxylic acids is 2. The zero-order valence-electron chi connectivity index (χ0n) is 24.1. The lowest BCUT2D eigenvalue weighted by Crippen LogP contribution is -2.37. The topological polar surface area (TPSA) is 127 Å². The van der Waals surface area contributed by atoms with Crippen LogP contribution in [0.1, 0.15) is 24.5 Å². The number of halogens is 3. The van der Waals surface area contributed by atoms with Crippen molar-refractivity contribution in [1.29, 1.82) is 0 Å². The number of nitrogens with two attached hydrogens (primary N) is 1. The third-order valence-corrected chi connectivity index (χ3v) is 7.42. The highest BCUT2D eigenvalue weighted by atomic mass is 19.4. The van der Waals surface area contributed by atoms with Crippen LogP contribution in [-0.4, -0.2) is 77.2 Å². The van der Waals surface area contributed by atoms with Crippen LogP contribution in [0.25, 0.3) is 16.8 Å². The van der Waals surface area contributed by atoms with E-state index in [0.29, 0.717) is 44.5 Å². The van der Waals surface area contributed by atoms with Gasteiger partial charge in [-0.05, 0) is 54.3 Å². The number of morpholine rings is 1. The molecule has 1 fully saturated rings. The molecule has 13 heteroatoms. The Morgan fingerprint density at radius 3 is 2.39 bits per heavy atom. The Bertz CT molecular complexity index is 1570. The Balaban J connectivity index is 1.24.